The molecule has 0 N–H and O–H groups in total. The van der Waals surface area contributed by atoms with Gasteiger partial charge in [-0.1, -0.05) is 64.9 Å². The van der Waals surface area contributed by atoms with Gasteiger partial charge < -0.3 is 4.74 Å². The molecular formula is C27H17Cl2F3N4OS. The minimum absolute atomic E-state index is 0.307. The topological polar surface area (TPSA) is 52.3 Å². The molecule has 0 aliphatic carbocycles. The first kappa shape index (κ1) is 26.1. The van der Waals surface area contributed by atoms with Crippen molar-refractivity contribution < 1.29 is 17.9 Å². The minimum Gasteiger partial charge on any atom is -0.406 e. The normalized spacial score (nSPS) is 12.0. The number of benzene rings is 4. The molecule has 0 radical (unpaired) electrons. The fraction of sp³-hybridized carbons (Fsp3) is 0.111. The number of halogens is 5. The van der Waals surface area contributed by atoms with Crippen molar-refractivity contribution in [3.8, 4) is 11.4 Å². The van der Waals surface area contributed by atoms with Crippen LogP contribution < -0.4 is 4.74 Å². The Morgan fingerprint density at radius 1 is 1.00 bits per heavy atom. The third-order valence-electron chi connectivity index (χ3n) is 5.71. The zero-order valence-corrected chi connectivity index (χ0v) is 21.7. The number of nitrogens with zero attached hydrogens (tertiary/aromatic N) is 4. The highest BCUT2D eigenvalue weighted by Crippen LogP contribution is 2.28. The number of ether oxygens (including phenoxy) is 1. The van der Waals surface area contributed by atoms with Crippen molar-refractivity contribution in [2.45, 2.75) is 12.8 Å². The Balaban J connectivity index is 1.32. The molecule has 0 bridgehead atoms. The van der Waals surface area contributed by atoms with Gasteiger partial charge in [-0.2, -0.15) is 0 Å². The second-order valence-electron chi connectivity index (χ2n) is 8.34. The smallest absolute Gasteiger partial charge is 0.406 e. The van der Waals surface area contributed by atoms with E-state index in [-0.39, 0.29) is 5.75 Å². The second kappa shape index (κ2) is 10.7. The number of rotatable bonds is 7. The van der Waals surface area contributed by atoms with E-state index >= 15 is 0 Å². The summed E-state index contributed by atoms with van der Waals surface area (Å²) >= 11 is 17.9. The molecule has 5 rings (SSSR count). The Kier molecular flexibility index (Phi) is 7.34. The standard InChI is InChI=1S/C27H17Cl2F3N4OS/c28-23-2-1-3-24(29)22(23)13-20(38)15-33-14-16-4-10-21-17(12-16)5-11-25-26(21)34-35-36(25)18-6-8-19(9-7-18)37-27(30,31)32/h1-12,14H,13,15H2. The Morgan fingerprint density at radius 2 is 1.74 bits per heavy atom. The first-order valence-corrected chi connectivity index (χ1v) is 12.4. The Labute approximate surface area is 230 Å². The number of aromatic nitrogens is 3. The maximum absolute atomic E-state index is 12.4. The van der Waals surface area contributed by atoms with Gasteiger partial charge in [-0.25, -0.2) is 4.68 Å². The first-order chi connectivity index (χ1) is 18.2. The van der Waals surface area contributed by atoms with Crippen LogP contribution in [0, 0.1) is 0 Å². The van der Waals surface area contributed by atoms with Crippen molar-refractivity contribution in [1.82, 2.24) is 15.0 Å². The van der Waals surface area contributed by atoms with Crippen LogP contribution >= 0.6 is 35.4 Å². The molecule has 0 aliphatic heterocycles. The molecule has 0 atom stereocenters. The lowest BCUT2D eigenvalue weighted by atomic mass is 10.1. The van der Waals surface area contributed by atoms with Crippen LogP contribution in [0.5, 0.6) is 5.75 Å². The van der Waals surface area contributed by atoms with Gasteiger partial charge in [0.25, 0.3) is 0 Å². The van der Waals surface area contributed by atoms with Gasteiger partial charge in [-0.15, -0.1) is 18.3 Å². The summed E-state index contributed by atoms with van der Waals surface area (Å²) in [4.78, 5) is 5.19. The predicted molar refractivity (Wildman–Crippen MR) is 148 cm³/mol. The largest absolute Gasteiger partial charge is 0.573 e. The van der Waals surface area contributed by atoms with E-state index in [2.05, 4.69) is 20.0 Å². The lowest BCUT2D eigenvalue weighted by Gasteiger charge is -2.09. The van der Waals surface area contributed by atoms with Crippen LogP contribution in [-0.4, -0.2) is 39.0 Å². The third kappa shape index (κ3) is 5.80. The molecule has 5 aromatic rings. The highest BCUT2D eigenvalue weighted by Gasteiger charge is 2.31. The fourth-order valence-electron chi connectivity index (χ4n) is 4.00. The molecule has 0 unspecified atom stereocenters. The SMILES string of the molecule is FC(F)(F)Oc1ccc(-n2nnc3c4ccc(C=NCC(=S)Cc5c(Cl)cccc5Cl)cc4ccc32)cc1. The van der Waals surface area contributed by atoms with Crippen molar-refractivity contribution in [2.24, 2.45) is 4.99 Å². The van der Waals surface area contributed by atoms with Gasteiger partial charge >= 0.3 is 6.36 Å². The number of hydrogen-bond donors (Lipinski definition) is 0. The summed E-state index contributed by atoms with van der Waals surface area (Å²) in [6.07, 6.45) is -2.53. The molecule has 11 heteroatoms. The van der Waals surface area contributed by atoms with E-state index in [9.17, 15) is 13.2 Å². The van der Waals surface area contributed by atoms with Gasteiger partial charge in [0, 0.05) is 32.9 Å². The minimum atomic E-state index is -4.75. The summed E-state index contributed by atoms with van der Waals surface area (Å²) in [7, 11) is 0. The molecule has 0 amide bonds. The molecule has 1 heterocycles. The number of aliphatic imine (C=N–C) groups is 1. The van der Waals surface area contributed by atoms with E-state index < -0.39 is 6.36 Å². The third-order valence-corrected chi connectivity index (χ3v) is 6.70. The van der Waals surface area contributed by atoms with E-state index in [1.807, 2.05) is 30.3 Å². The molecule has 5 nitrogen and oxygen atoms in total. The molecule has 38 heavy (non-hydrogen) atoms. The first-order valence-electron chi connectivity index (χ1n) is 11.3. The molecule has 1 aromatic heterocycles. The van der Waals surface area contributed by atoms with Crippen LogP contribution in [0.1, 0.15) is 11.1 Å². The zero-order valence-electron chi connectivity index (χ0n) is 19.4. The van der Waals surface area contributed by atoms with Crippen LogP contribution in [0.3, 0.4) is 0 Å². The van der Waals surface area contributed by atoms with Gasteiger partial charge in [-0.05, 0) is 65.0 Å². The van der Waals surface area contributed by atoms with Gasteiger partial charge in [0.05, 0.1) is 17.7 Å². The molecule has 4 aromatic carbocycles. The van der Waals surface area contributed by atoms with E-state index in [1.165, 1.54) is 24.3 Å². The Bertz CT molecular complexity index is 1660. The van der Waals surface area contributed by atoms with Gasteiger partial charge in [0.2, 0.25) is 0 Å². The monoisotopic (exact) mass is 572 g/mol. The van der Waals surface area contributed by atoms with Crippen molar-refractivity contribution in [2.75, 3.05) is 6.54 Å². The average molecular weight is 573 g/mol. The number of hydrogen-bond acceptors (Lipinski definition) is 5. The lowest BCUT2D eigenvalue weighted by molar-refractivity contribution is -0.274. The van der Waals surface area contributed by atoms with E-state index in [0.717, 1.165) is 21.9 Å². The van der Waals surface area contributed by atoms with Crippen molar-refractivity contribution in [3.63, 3.8) is 0 Å². The number of thiocarbonyl (C=S) groups is 1. The molecule has 192 valence electrons. The van der Waals surface area contributed by atoms with Crippen LogP contribution in [-0.2, 0) is 6.42 Å². The summed E-state index contributed by atoms with van der Waals surface area (Å²) in [5.74, 6) is -0.307. The van der Waals surface area contributed by atoms with Crippen LogP contribution in [0.4, 0.5) is 13.2 Å². The molecule has 0 saturated carbocycles. The highest BCUT2D eigenvalue weighted by atomic mass is 35.5. The summed E-state index contributed by atoms with van der Waals surface area (Å²) in [5, 5.41) is 11.5. The maximum atomic E-state index is 12.4. The van der Waals surface area contributed by atoms with Crippen LogP contribution in [0.15, 0.2) is 77.8 Å². The summed E-state index contributed by atoms with van der Waals surface area (Å²) < 4.78 is 42.8. The quantitative estimate of drug-likeness (QED) is 0.147. The number of alkyl halides is 3. The van der Waals surface area contributed by atoms with Crippen LogP contribution in [0.25, 0.3) is 27.5 Å². The average Bonchev–Trinajstić information content (AvgIpc) is 3.30. The number of fused-ring (bicyclic) bond motifs is 3. The van der Waals surface area contributed by atoms with Gasteiger partial charge in [0.15, 0.2) is 0 Å². The molecule has 0 aliphatic rings. The zero-order chi connectivity index (χ0) is 26.9. The van der Waals surface area contributed by atoms with Gasteiger partial charge in [-0.3, -0.25) is 4.99 Å². The maximum Gasteiger partial charge on any atom is 0.573 e. The van der Waals surface area contributed by atoms with E-state index in [0.29, 0.717) is 44.6 Å². The van der Waals surface area contributed by atoms with Gasteiger partial charge in [0.1, 0.15) is 11.3 Å². The van der Waals surface area contributed by atoms with Crippen molar-refractivity contribution in [3.05, 3.63) is 94.0 Å². The second-order valence-corrected chi connectivity index (χ2v) is 9.73. The highest BCUT2D eigenvalue weighted by molar-refractivity contribution is 7.80. The molecule has 0 saturated heterocycles. The Hall–Kier alpha value is -3.53. The fourth-order valence-corrected chi connectivity index (χ4v) is 4.75. The molecule has 0 spiro atoms. The summed E-state index contributed by atoms with van der Waals surface area (Å²) in [5.41, 5.74) is 3.62. The predicted octanol–water partition coefficient (Wildman–Crippen LogP) is 7.81. The van der Waals surface area contributed by atoms with Crippen molar-refractivity contribution in [1.29, 1.82) is 0 Å². The summed E-state index contributed by atoms with van der Waals surface area (Å²) in [6.45, 7) is 0.356. The van der Waals surface area contributed by atoms with E-state index in [1.54, 1.807) is 29.1 Å². The molecule has 0 fully saturated rings. The molecular weight excluding hydrogens is 556 g/mol. The van der Waals surface area contributed by atoms with E-state index in [4.69, 9.17) is 35.4 Å². The summed E-state index contributed by atoms with van der Waals surface area (Å²) in [6, 6.07) is 20.4. The van der Waals surface area contributed by atoms with Crippen LogP contribution in [0.2, 0.25) is 10.0 Å². The lowest BCUT2D eigenvalue weighted by Crippen LogP contribution is -2.17. The van der Waals surface area contributed by atoms with Crippen molar-refractivity contribution >= 4 is 68.3 Å². The Morgan fingerprint density at radius 3 is 2.45 bits per heavy atom.